The monoisotopic (exact) mass is 322 g/mol. The van der Waals surface area contributed by atoms with Crippen LogP contribution in [-0.4, -0.2) is 33.5 Å². The summed E-state index contributed by atoms with van der Waals surface area (Å²) in [6, 6.07) is 7.31. The first-order valence-corrected chi connectivity index (χ1v) is 7.61. The van der Waals surface area contributed by atoms with Crippen molar-refractivity contribution in [1.82, 2.24) is 14.8 Å². The highest BCUT2D eigenvalue weighted by Gasteiger charge is 2.17. The van der Waals surface area contributed by atoms with Gasteiger partial charge in [0.05, 0.1) is 12.9 Å². The van der Waals surface area contributed by atoms with Crippen molar-refractivity contribution >= 4 is 17.7 Å². The minimum Gasteiger partial charge on any atom is -0.497 e. The number of thioether (sulfide) groups is 1. The largest absolute Gasteiger partial charge is 0.497 e. The summed E-state index contributed by atoms with van der Waals surface area (Å²) in [5.41, 5.74) is 5.13. The van der Waals surface area contributed by atoms with Crippen LogP contribution in [0.25, 0.3) is 0 Å². The maximum Gasteiger partial charge on any atom is 0.227 e. The first-order chi connectivity index (χ1) is 10.5. The van der Waals surface area contributed by atoms with Crippen molar-refractivity contribution in [2.45, 2.75) is 18.2 Å². The minimum atomic E-state index is -0.392. The molecule has 0 bridgehead atoms. The topological polar surface area (TPSA) is 92.3 Å². The van der Waals surface area contributed by atoms with Crippen molar-refractivity contribution in [3.05, 3.63) is 30.1 Å². The molecule has 0 radical (unpaired) electrons. The molecule has 0 saturated heterocycles. The van der Waals surface area contributed by atoms with E-state index >= 15 is 0 Å². The summed E-state index contributed by atoms with van der Waals surface area (Å²) in [5, 5.41) is 8.78. The van der Waals surface area contributed by atoms with Crippen molar-refractivity contribution in [2.24, 2.45) is 12.8 Å². The average Bonchev–Trinajstić information content (AvgIpc) is 2.87. The highest BCUT2D eigenvalue weighted by Crippen LogP contribution is 2.24. The number of hydrogen-bond donors (Lipinski definition) is 1. The average molecular weight is 322 g/mol. The molecule has 1 aromatic carbocycles. The highest BCUT2D eigenvalue weighted by molar-refractivity contribution is 7.99. The molecule has 0 aliphatic heterocycles. The lowest BCUT2D eigenvalue weighted by atomic mass is 10.3. The second-order valence-electron chi connectivity index (χ2n) is 4.59. The number of primary amides is 1. The van der Waals surface area contributed by atoms with E-state index in [0.717, 1.165) is 5.75 Å². The van der Waals surface area contributed by atoms with E-state index in [1.165, 1.54) is 11.8 Å². The molecule has 2 aromatic rings. The van der Waals surface area contributed by atoms with Crippen LogP contribution in [-0.2, 0) is 11.8 Å². The number of hydrogen-bond acceptors (Lipinski definition) is 6. The smallest absolute Gasteiger partial charge is 0.227 e. The molecule has 0 spiro atoms. The predicted octanol–water partition coefficient (Wildman–Crippen LogP) is 1.54. The Kier molecular flexibility index (Phi) is 5.26. The van der Waals surface area contributed by atoms with Crippen LogP contribution >= 0.6 is 11.8 Å². The molecule has 1 heterocycles. The van der Waals surface area contributed by atoms with E-state index in [0.29, 0.717) is 16.7 Å². The molecule has 1 atom stereocenters. The molecular weight excluding hydrogens is 304 g/mol. The molecule has 0 fully saturated rings. The van der Waals surface area contributed by atoms with Crippen LogP contribution in [0, 0.1) is 0 Å². The lowest BCUT2D eigenvalue weighted by molar-refractivity contribution is -0.115. The number of amides is 1. The zero-order valence-corrected chi connectivity index (χ0v) is 13.5. The molecule has 2 N–H and O–H groups in total. The van der Waals surface area contributed by atoms with Crippen LogP contribution in [0.2, 0.25) is 0 Å². The van der Waals surface area contributed by atoms with Gasteiger partial charge in [-0.25, -0.2) is 0 Å². The second kappa shape index (κ2) is 7.17. The fraction of sp³-hybridized carbons (Fsp3) is 0.357. The van der Waals surface area contributed by atoms with Gasteiger partial charge in [-0.15, -0.1) is 10.2 Å². The number of nitrogens with zero attached hydrogens (tertiary/aromatic N) is 3. The predicted molar refractivity (Wildman–Crippen MR) is 83.0 cm³/mol. The molecule has 1 aromatic heterocycles. The molecule has 0 aliphatic carbocycles. The summed E-state index contributed by atoms with van der Waals surface area (Å²) in [6.07, 6.45) is -0.283. The van der Waals surface area contributed by atoms with Crippen molar-refractivity contribution in [3.63, 3.8) is 0 Å². The van der Waals surface area contributed by atoms with Crippen molar-refractivity contribution < 1.29 is 14.3 Å². The number of aromatic nitrogens is 3. The van der Waals surface area contributed by atoms with Gasteiger partial charge in [0.1, 0.15) is 11.5 Å². The summed E-state index contributed by atoms with van der Waals surface area (Å²) >= 11 is 1.25. The van der Waals surface area contributed by atoms with Gasteiger partial charge in [-0.05, 0) is 31.2 Å². The molecule has 22 heavy (non-hydrogen) atoms. The van der Waals surface area contributed by atoms with Crippen LogP contribution in [0.3, 0.4) is 0 Å². The second-order valence-corrected chi connectivity index (χ2v) is 5.53. The van der Waals surface area contributed by atoms with E-state index in [4.69, 9.17) is 15.2 Å². The zero-order valence-electron chi connectivity index (χ0n) is 12.6. The van der Waals surface area contributed by atoms with E-state index < -0.39 is 5.91 Å². The van der Waals surface area contributed by atoms with Crippen LogP contribution in [0.15, 0.2) is 29.4 Å². The standard InChI is InChI=1S/C14H18N4O3S/c1-9(21-11-6-4-10(20-3)5-7-11)13-16-17-14(18(13)2)22-8-12(15)19/h4-7,9H,8H2,1-3H3,(H2,15,19)/t9-/m1/s1. The molecule has 0 aliphatic rings. The molecule has 0 saturated carbocycles. The summed E-state index contributed by atoms with van der Waals surface area (Å²) in [6.45, 7) is 1.89. The Hall–Kier alpha value is -2.22. The number of methoxy groups -OCH3 is 1. The first kappa shape index (κ1) is 16.2. The van der Waals surface area contributed by atoms with E-state index in [1.54, 1.807) is 11.7 Å². The van der Waals surface area contributed by atoms with Crippen molar-refractivity contribution in [3.8, 4) is 11.5 Å². The van der Waals surface area contributed by atoms with Gasteiger partial charge >= 0.3 is 0 Å². The van der Waals surface area contributed by atoms with Crippen molar-refractivity contribution in [1.29, 1.82) is 0 Å². The molecule has 8 heteroatoms. The molecular formula is C14H18N4O3S. The number of carbonyl (C=O) groups excluding carboxylic acids is 1. The Morgan fingerprint density at radius 3 is 2.55 bits per heavy atom. The quantitative estimate of drug-likeness (QED) is 0.777. The third-order valence-electron chi connectivity index (χ3n) is 2.95. The molecule has 0 unspecified atom stereocenters. The fourth-order valence-corrected chi connectivity index (χ4v) is 2.51. The van der Waals surface area contributed by atoms with Gasteiger partial charge in [0.25, 0.3) is 0 Å². The van der Waals surface area contributed by atoms with E-state index in [-0.39, 0.29) is 11.9 Å². The first-order valence-electron chi connectivity index (χ1n) is 6.62. The molecule has 7 nitrogen and oxygen atoms in total. The number of ether oxygens (including phenoxy) is 2. The Morgan fingerprint density at radius 2 is 1.95 bits per heavy atom. The van der Waals surface area contributed by atoms with E-state index in [1.807, 2.05) is 38.2 Å². The SMILES string of the molecule is COc1ccc(O[C@H](C)c2nnc(SCC(N)=O)n2C)cc1. The summed E-state index contributed by atoms with van der Waals surface area (Å²) < 4.78 is 12.7. The van der Waals surface area contributed by atoms with Gasteiger partial charge < -0.3 is 19.8 Å². The number of carbonyl (C=O) groups is 1. The zero-order chi connectivity index (χ0) is 16.1. The molecule has 2 rings (SSSR count). The fourth-order valence-electron chi connectivity index (χ4n) is 1.85. The lowest BCUT2D eigenvalue weighted by Crippen LogP contribution is -2.14. The number of nitrogens with two attached hydrogens (primary N) is 1. The highest BCUT2D eigenvalue weighted by atomic mass is 32.2. The van der Waals surface area contributed by atoms with Gasteiger partial charge in [-0.1, -0.05) is 11.8 Å². The molecule has 1 amide bonds. The summed E-state index contributed by atoms with van der Waals surface area (Å²) in [5.74, 6) is 1.92. The minimum absolute atomic E-state index is 0.166. The van der Waals surface area contributed by atoms with Crippen LogP contribution in [0.5, 0.6) is 11.5 Å². The van der Waals surface area contributed by atoms with Crippen LogP contribution in [0.1, 0.15) is 18.9 Å². The van der Waals surface area contributed by atoms with Crippen LogP contribution in [0.4, 0.5) is 0 Å². The number of rotatable bonds is 7. The maximum absolute atomic E-state index is 10.8. The van der Waals surface area contributed by atoms with Gasteiger partial charge in [-0.3, -0.25) is 4.79 Å². The van der Waals surface area contributed by atoms with E-state index in [2.05, 4.69) is 10.2 Å². The Labute approximate surface area is 132 Å². The third-order valence-corrected chi connectivity index (χ3v) is 3.99. The van der Waals surface area contributed by atoms with Crippen molar-refractivity contribution in [2.75, 3.05) is 12.9 Å². The van der Waals surface area contributed by atoms with Gasteiger partial charge in [-0.2, -0.15) is 0 Å². The third kappa shape index (κ3) is 3.91. The summed E-state index contributed by atoms with van der Waals surface area (Å²) in [7, 11) is 3.44. The Bertz CT molecular complexity index is 642. The normalized spacial score (nSPS) is 12.0. The maximum atomic E-state index is 10.8. The van der Waals surface area contributed by atoms with Crippen LogP contribution < -0.4 is 15.2 Å². The Morgan fingerprint density at radius 1 is 1.32 bits per heavy atom. The van der Waals surface area contributed by atoms with Gasteiger partial charge in [0, 0.05) is 7.05 Å². The van der Waals surface area contributed by atoms with Gasteiger partial charge in [0.15, 0.2) is 17.1 Å². The Balaban J connectivity index is 2.05. The lowest BCUT2D eigenvalue weighted by Gasteiger charge is -2.14. The molecule has 118 valence electrons. The number of benzene rings is 1. The van der Waals surface area contributed by atoms with E-state index in [9.17, 15) is 4.79 Å². The van der Waals surface area contributed by atoms with Gasteiger partial charge in [0.2, 0.25) is 5.91 Å². The summed E-state index contributed by atoms with van der Waals surface area (Å²) in [4.78, 5) is 10.8.